The van der Waals surface area contributed by atoms with Crippen molar-refractivity contribution in [1.29, 1.82) is 0 Å². The lowest BCUT2D eigenvalue weighted by Gasteiger charge is -2.30. The Bertz CT molecular complexity index is 556. The lowest BCUT2D eigenvalue weighted by atomic mass is 9.84. The maximum absolute atomic E-state index is 12.8. The molecular weight excluding hydrogens is 321 g/mol. The highest BCUT2D eigenvalue weighted by Crippen LogP contribution is 2.26. The van der Waals surface area contributed by atoms with Crippen molar-refractivity contribution in [2.45, 2.75) is 51.0 Å². The van der Waals surface area contributed by atoms with E-state index in [1.807, 2.05) is 0 Å². The topological polar surface area (TPSA) is 84.2 Å². The number of halogens is 1. The number of benzene rings is 1. The number of rotatable bonds is 8. The molecule has 0 bridgehead atoms. The third kappa shape index (κ3) is 6.46. The van der Waals surface area contributed by atoms with Gasteiger partial charge < -0.3 is 16.4 Å². The summed E-state index contributed by atoms with van der Waals surface area (Å²) in [6.07, 6.45) is 6.88. The van der Waals surface area contributed by atoms with Gasteiger partial charge in [-0.15, -0.1) is 0 Å². The zero-order valence-electron chi connectivity index (χ0n) is 14.6. The van der Waals surface area contributed by atoms with E-state index in [9.17, 15) is 14.0 Å². The molecule has 138 valence electrons. The van der Waals surface area contributed by atoms with Crippen LogP contribution in [0, 0.1) is 11.7 Å². The van der Waals surface area contributed by atoms with Crippen LogP contribution in [0.25, 0.3) is 0 Å². The molecule has 5 nitrogen and oxygen atoms in total. The minimum atomic E-state index is -0.374. The number of nitrogens with one attached hydrogen (secondary N) is 2. The Morgan fingerprint density at radius 1 is 1.16 bits per heavy atom. The Balaban J connectivity index is 1.65. The molecule has 6 heteroatoms. The summed E-state index contributed by atoms with van der Waals surface area (Å²) in [5.41, 5.74) is 6.23. The molecule has 1 fully saturated rings. The van der Waals surface area contributed by atoms with E-state index in [0.29, 0.717) is 37.4 Å². The molecule has 0 radical (unpaired) electrons. The average molecular weight is 349 g/mol. The molecule has 2 rings (SSSR count). The Hall–Kier alpha value is -1.95. The first-order valence-corrected chi connectivity index (χ1v) is 9.13. The van der Waals surface area contributed by atoms with Gasteiger partial charge in [-0.1, -0.05) is 19.3 Å². The van der Waals surface area contributed by atoms with Gasteiger partial charge in [0, 0.05) is 31.1 Å². The third-order valence-corrected chi connectivity index (χ3v) is 4.79. The van der Waals surface area contributed by atoms with Crippen LogP contribution < -0.4 is 16.4 Å². The predicted molar refractivity (Wildman–Crippen MR) is 95.5 cm³/mol. The maximum atomic E-state index is 12.8. The van der Waals surface area contributed by atoms with Crippen molar-refractivity contribution in [2.75, 3.05) is 13.1 Å². The Kier molecular flexibility index (Phi) is 7.85. The fraction of sp³-hybridized carbons (Fsp3) is 0.579. The van der Waals surface area contributed by atoms with Crippen molar-refractivity contribution < 1.29 is 14.0 Å². The summed E-state index contributed by atoms with van der Waals surface area (Å²) >= 11 is 0. The van der Waals surface area contributed by atoms with Crippen LogP contribution in [0.4, 0.5) is 4.39 Å². The molecule has 0 aromatic heterocycles. The quantitative estimate of drug-likeness (QED) is 0.630. The van der Waals surface area contributed by atoms with E-state index in [4.69, 9.17) is 5.73 Å². The first-order chi connectivity index (χ1) is 12.1. The van der Waals surface area contributed by atoms with Gasteiger partial charge in [0.15, 0.2) is 0 Å². The van der Waals surface area contributed by atoms with Gasteiger partial charge in [0.2, 0.25) is 5.91 Å². The van der Waals surface area contributed by atoms with Crippen LogP contribution in [0.15, 0.2) is 24.3 Å². The largest absolute Gasteiger partial charge is 0.352 e. The van der Waals surface area contributed by atoms with Gasteiger partial charge in [0.25, 0.3) is 5.91 Å². The first-order valence-electron chi connectivity index (χ1n) is 9.13. The summed E-state index contributed by atoms with van der Waals surface area (Å²) < 4.78 is 12.8. The number of hydrogen-bond acceptors (Lipinski definition) is 3. The molecular formula is C19H28FN3O2. The van der Waals surface area contributed by atoms with Gasteiger partial charge in [0.1, 0.15) is 5.82 Å². The SMILES string of the molecule is NCC(NC(=O)CCCNC(=O)c1ccc(F)cc1)C1CCCCC1. The highest BCUT2D eigenvalue weighted by molar-refractivity contribution is 5.94. The van der Waals surface area contributed by atoms with Crippen molar-refractivity contribution in [1.82, 2.24) is 10.6 Å². The van der Waals surface area contributed by atoms with Gasteiger partial charge >= 0.3 is 0 Å². The van der Waals surface area contributed by atoms with E-state index in [2.05, 4.69) is 10.6 Å². The van der Waals surface area contributed by atoms with Gasteiger partial charge in [-0.25, -0.2) is 4.39 Å². The summed E-state index contributed by atoms with van der Waals surface area (Å²) in [5, 5.41) is 5.78. The van der Waals surface area contributed by atoms with Crippen molar-refractivity contribution in [3.63, 3.8) is 0 Å². The fourth-order valence-corrected chi connectivity index (χ4v) is 3.34. The number of nitrogens with two attached hydrogens (primary N) is 1. The molecule has 0 saturated heterocycles. The van der Waals surface area contributed by atoms with E-state index >= 15 is 0 Å². The predicted octanol–water partition coefficient (Wildman–Crippen LogP) is 2.36. The Morgan fingerprint density at radius 2 is 1.84 bits per heavy atom. The third-order valence-electron chi connectivity index (χ3n) is 4.79. The van der Waals surface area contributed by atoms with Crippen molar-refractivity contribution in [3.05, 3.63) is 35.6 Å². The smallest absolute Gasteiger partial charge is 0.251 e. The molecule has 1 aromatic carbocycles. The number of hydrogen-bond donors (Lipinski definition) is 3. The summed E-state index contributed by atoms with van der Waals surface area (Å²) in [5.74, 6) is -0.166. The highest BCUT2D eigenvalue weighted by Gasteiger charge is 2.23. The van der Waals surface area contributed by atoms with Crippen molar-refractivity contribution in [3.8, 4) is 0 Å². The zero-order valence-corrected chi connectivity index (χ0v) is 14.6. The molecule has 4 N–H and O–H groups in total. The molecule has 1 atom stereocenters. The first kappa shape index (κ1) is 19.4. The molecule has 1 aliphatic rings. The highest BCUT2D eigenvalue weighted by atomic mass is 19.1. The van der Waals surface area contributed by atoms with Crippen LogP contribution >= 0.6 is 0 Å². The second kappa shape index (κ2) is 10.1. The van der Waals surface area contributed by atoms with Gasteiger partial charge in [-0.3, -0.25) is 9.59 Å². The maximum Gasteiger partial charge on any atom is 0.251 e. The molecule has 1 aliphatic carbocycles. The van der Waals surface area contributed by atoms with Crippen LogP contribution in [0.1, 0.15) is 55.3 Å². The summed E-state index contributed by atoms with van der Waals surface area (Å²) in [6, 6.07) is 5.43. The molecule has 0 spiro atoms. The van der Waals surface area contributed by atoms with E-state index in [1.165, 1.54) is 43.5 Å². The lowest BCUT2D eigenvalue weighted by Crippen LogP contribution is -2.46. The molecule has 0 aliphatic heterocycles. The van der Waals surface area contributed by atoms with Crippen LogP contribution in [0.5, 0.6) is 0 Å². The number of amides is 2. The minimum Gasteiger partial charge on any atom is -0.352 e. The van der Waals surface area contributed by atoms with Crippen LogP contribution in [-0.2, 0) is 4.79 Å². The normalized spacial score (nSPS) is 16.2. The summed E-state index contributed by atoms with van der Waals surface area (Å²) in [7, 11) is 0. The van der Waals surface area contributed by atoms with Crippen molar-refractivity contribution >= 4 is 11.8 Å². The second-order valence-corrected chi connectivity index (χ2v) is 6.67. The summed E-state index contributed by atoms with van der Waals surface area (Å²) in [4.78, 5) is 24.0. The molecule has 1 aromatic rings. The molecule has 25 heavy (non-hydrogen) atoms. The average Bonchev–Trinajstić information content (AvgIpc) is 2.64. The molecule has 1 saturated carbocycles. The number of carbonyl (C=O) groups excluding carboxylic acids is 2. The van der Waals surface area contributed by atoms with E-state index < -0.39 is 0 Å². The van der Waals surface area contributed by atoms with E-state index in [0.717, 1.165) is 12.8 Å². The zero-order chi connectivity index (χ0) is 18.1. The second-order valence-electron chi connectivity index (χ2n) is 6.67. The molecule has 2 amide bonds. The fourth-order valence-electron chi connectivity index (χ4n) is 3.34. The Morgan fingerprint density at radius 3 is 2.48 bits per heavy atom. The van der Waals surface area contributed by atoms with E-state index in [1.54, 1.807) is 0 Å². The minimum absolute atomic E-state index is 0.0166. The van der Waals surface area contributed by atoms with Crippen LogP contribution in [0.3, 0.4) is 0 Å². The van der Waals surface area contributed by atoms with Crippen LogP contribution in [-0.4, -0.2) is 30.9 Å². The van der Waals surface area contributed by atoms with E-state index in [-0.39, 0.29) is 23.7 Å². The number of carbonyl (C=O) groups is 2. The monoisotopic (exact) mass is 349 g/mol. The van der Waals surface area contributed by atoms with Gasteiger partial charge in [0.05, 0.1) is 0 Å². The van der Waals surface area contributed by atoms with Crippen LogP contribution in [0.2, 0.25) is 0 Å². The van der Waals surface area contributed by atoms with Gasteiger partial charge in [-0.2, -0.15) is 0 Å². The Labute approximate surface area is 148 Å². The lowest BCUT2D eigenvalue weighted by molar-refractivity contribution is -0.122. The standard InChI is InChI=1S/C19H28FN3O2/c20-16-10-8-15(9-11-16)19(25)22-12-4-7-18(24)23-17(13-21)14-5-2-1-3-6-14/h8-11,14,17H,1-7,12-13,21H2,(H,22,25)(H,23,24). The summed E-state index contributed by atoms with van der Waals surface area (Å²) in [6.45, 7) is 0.873. The molecule has 0 heterocycles. The van der Waals surface area contributed by atoms with Crippen molar-refractivity contribution in [2.24, 2.45) is 11.7 Å². The molecule has 1 unspecified atom stereocenters. The van der Waals surface area contributed by atoms with Gasteiger partial charge in [-0.05, 0) is 49.4 Å².